The van der Waals surface area contributed by atoms with Crippen LogP contribution in [0.5, 0.6) is 5.88 Å². The average Bonchev–Trinajstić information content (AvgIpc) is 2.83. The minimum absolute atomic E-state index is 0.481. The number of methoxy groups -OCH3 is 1. The van der Waals surface area contributed by atoms with E-state index in [9.17, 15) is 0 Å². The maximum atomic E-state index is 5.40. The Morgan fingerprint density at radius 2 is 1.90 bits per heavy atom. The predicted octanol–water partition coefficient (Wildman–Crippen LogP) is 2.55. The average molecular weight is 301 g/mol. The van der Waals surface area contributed by atoms with Crippen LogP contribution in [0.1, 0.15) is 0 Å². The summed E-state index contributed by atoms with van der Waals surface area (Å²) < 4.78 is 7.66. The van der Waals surface area contributed by atoms with Crippen LogP contribution in [-0.4, -0.2) is 40.7 Å². The fourth-order valence-electron chi connectivity index (χ4n) is 2.19. The molecule has 0 fully saturated rings. The van der Waals surface area contributed by atoms with Gasteiger partial charge in [-0.1, -0.05) is 0 Å². The van der Waals surface area contributed by atoms with Crippen molar-refractivity contribution in [2.45, 2.75) is 0 Å². The molecule has 21 heavy (non-hydrogen) atoms. The van der Waals surface area contributed by atoms with E-state index in [1.165, 1.54) is 6.33 Å². The van der Waals surface area contributed by atoms with Crippen molar-refractivity contribution in [2.75, 3.05) is 26.1 Å². The second kappa shape index (κ2) is 5.17. The van der Waals surface area contributed by atoms with Crippen LogP contribution < -0.4 is 9.64 Å². The van der Waals surface area contributed by atoms with Gasteiger partial charge < -0.3 is 14.6 Å². The molecule has 108 valence electrons. The van der Waals surface area contributed by atoms with Crippen LogP contribution in [-0.2, 0) is 0 Å². The number of fused-ring (bicyclic) bond motifs is 1. The molecule has 6 nitrogen and oxygen atoms in total. The minimum atomic E-state index is 0.481. The molecule has 0 unspecified atom stereocenters. The second-order valence-corrected chi connectivity index (χ2v) is 5.14. The summed E-state index contributed by atoms with van der Waals surface area (Å²) in [5, 5.41) is 0. The fourth-order valence-corrected chi connectivity index (χ4v) is 2.49. The number of anilines is 1. The van der Waals surface area contributed by atoms with Gasteiger partial charge in [0.2, 0.25) is 5.88 Å². The van der Waals surface area contributed by atoms with Gasteiger partial charge in [0.05, 0.1) is 12.8 Å². The molecular formula is C14H15N5OS. The van der Waals surface area contributed by atoms with Crippen molar-refractivity contribution in [3.63, 3.8) is 0 Å². The number of aromatic nitrogens is 4. The first-order valence-corrected chi connectivity index (χ1v) is 6.80. The Morgan fingerprint density at radius 1 is 1.19 bits per heavy atom. The van der Waals surface area contributed by atoms with Gasteiger partial charge in [-0.05, 0) is 36.5 Å². The van der Waals surface area contributed by atoms with E-state index in [1.54, 1.807) is 7.11 Å². The Bertz CT molecular complexity index is 835. The largest absolute Gasteiger partial charge is 0.479 e. The molecule has 0 saturated heterocycles. The molecule has 3 rings (SSSR count). The fraction of sp³-hybridized carbons (Fsp3) is 0.214. The summed E-state index contributed by atoms with van der Waals surface area (Å²) in [6, 6.07) is 8.09. The number of hydrogen-bond acceptors (Lipinski definition) is 5. The van der Waals surface area contributed by atoms with Gasteiger partial charge in [-0.2, -0.15) is 4.98 Å². The number of benzene rings is 1. The summed E-state index contributed by atoms with van der Waals surface area (Å²) >= 11 is 5.40. The highest BCUT2D eigenvalue weighted by molar-refractivity contribution is 7.71. The molecule has 0 aliphatic rings. The van der Waals surface area contributed by atoms with Crippen LogP contribution in [0.4, 0.5) is 5.69 Å². The van der Waals surface area contributed by atoms with Crippen molar-refractivity contribution in [3.05, 3.63) is 35.4 Å². The maximum absolute atomic E-state index is 5.40. The van der Waals surface area contributed by atoms with E-state index in [0.717, 1.165) is 11.4 Å². The molecule has 0 radical (unpaired) electrons. The predicted molar refractivity (Wildman–Crippen MR) is 84.9 cm³/mol. The quantitative estimate of drug-likeness (QED) is 0.753. The first-order chi connectivity index (χ1) is 10.1. The molecule has 2 heterocycles. The smallest absolute Gasteiger partial charge is 0.242 e. The summed E-state index contributed by atoms with van der Waals surface area (Å²) in [4.78, 5) is 13.5. The number of rotatable bonds is 3. The molecule has 0 aliphatic carbocycles. The van der Waals surface area contributed by atoms with Crippen molar-refractivity contribution in [1.82, 2.24) is 19.5 Å². The molecule has 0 amide bonds. The Morgan fingerprint density at radius 3 is 2.52 bits per heavy atom. The molecule has 0 bridgehead atoms. The number of nitrogens with zero attached hydrogens (tertiary/aromatic N) is 4. The molecule has 1 N–H and O–H groups in total. The number of aromatic amines is 1. The highest BCUT2D eigenvalue weighted by Crippen LogP contribution is 2.24. The molecule has 0 atom stereocenters. The second-order valence-electron chi connectivity index (χ2n) is 4.76. The van der Waals surface area contributed by atoms with Crippen molar-refractivity contribution in [3.8, 4) is 11.6 Å². The highest BCUT2D eigenvalue weighted by Gasteiger charge is 2.12. The van der Waals surface area contributed by atoms with Crippen molar-refractivity contribution in [2.24, 2.45) is 0 Å². The van der Waals surface area contributed by atoms with Gasteiger partial charge in [0.25, 0.3) is 0 Å². The van der Waals surface area contributed by atoms with Gasteiger partial charge in [0.15, 0.2) is 10.4 Å². The number of H-pyrrole nitrogens is 1. The number of nitrogens with one attached hydrogen (secondary N) is 1. The van der Waals surface area contributed by atoms with Gasteiger partial charge in [-0.3, -0.25) is 4.57 Å². The van der Waals surface area contributed by atoms with Crippen LogP contribution in [0.15, 0.2) is 30.6 Å². The summed E-state index contributed by atoms with van der Waals surface area (Å²) in [7, 11) is 5.58. The molecule has 0 spiro atoms. The number of ether oxygens (including phenoxy) is 1. The van der Waals surface area contributed by atoms with Gasteiger partial charge in [0.1, 0.15) is 11.8 Å². The zero-order valence-electron chi connectivity index (χ0n) is 12.0. The molecule has 3 aromatic rings. The van der Waals surface area contributed by atoms with Crippen LogP contribution >= 0.6 is 12.2 Å². The summed E-state index contributed by atoms with van der Waals surface area (Å²) in [6.07, 6.45) is 1.47. The molecule has 1 aromatic carbocycles. The SMILES string of the molecule is COc1ncnc2c1[nH]c(=S)n2-c1ccc(N(C)C)cc1. The molecule has 0 saturated carbocycles. The third-order valence-electron chi connectivity index (χ3n) is 3.26. The van der Waals surface area contributed by atoms with E-state index in [-0.39, 0.29) is 0 Å². The molecule has 7 heteroatoms. The molecule has 2 aromatic heterocycles. The Balaban J connectivity index is 2.20. The highest BCUT2D eigenvalue weighted by atomic mass is 32.1. The van der Waals surface area contributed by atoms with E-state index in [1.807, 2.05) is 47.8 Å². The van der Waals surface area contributed by atoms with Gasteiger partial charge in [-0.15, -0.1) is 0 Å². The van der Waals surface area contributed by atoms with E-state index in [2.05, 4.69) is 15.0 Å². The topological polar surface area (TPSA) is 59.0 Å². The number of imidazole rings is 1. The van der Waals surface area contributed by atoms with E-state index >= 15 is 0 Å². The number of hydrogen-bond donors (Lipinski definition) is 1. The Labute approximate surface area is 127 Å². The first kappa shape index (κ1) is 13.6. The van der Waals surface area contributed by atoms with Gasteiger partial charge in [0, 0.05) is 19.8 Å². The lowest BCUT2D eigenvalue weighted by molar-refractivity contribution is 0.401. The van der Waals surface area contributed by atoms with Crippen LogP contribution in [0.2, 0.25) is 0 Å². The lowest BCUT2D eigenvalue weighted by Gasteiger charge is -2.13. The maximum Gasteiger partial charge on any atom is 0.242 e. The van der Waals surface area contributed by atoms with E-state index < -0.39 is 0 Å². The molecule has 0 aliphatic heterocycles. The standard InChI is InChI=1S/C14H15N5OS/c1-18(2)9-4-6-10(7-5-9)19-12-11(17-14(19)21)13(20-3)16-8-15-12/h4-8H,1-3H3,(H,17,21). The zero-order valence-corrected chi connectivity index (χ0v) is 12.8. The van der Waals surface area contributed by atoms with Crippen LogP contribution in [0.25, 0.3) is 16.9 Å². The van der Waals surface area contributed by atoms with Gasteiger partial charge >= 0.3 is 0 Å². The van der Waals surface area contributed by atoms with Crippen LogP contribution in [0.3, 0.4) is 0 Å². The third kappa shape index (κ3) is 2.25. The van der Waals surface area contributed by atoms with Crippen molar-refractivity contribution in [1.29, 1.82) is 0 Å². The van der Waals surface area contributed by atoms with Crippen molar-refractivity contribution < 1.29 is 4.74 Å². The van der Waals surface area contributed by atoms with Crippen LogP contribution in [0, 0.1) is 4.77 Å². The molecular weight excluding hydrogens is 286 g/mol. The summed E-state index contributed by atoms with van der Waals surface area (Å²) in [5.74, 6) is 0.481. The zero-order chi connectivity index (χ0) is 15.0. The Hall–Kier alpha value is -2.41. The first-order valence-electron chi connectivity index (χ1n) is 6.39. The lowest BCUT2D eigenvalue weighted by atomic mass is 10.2. The van der Waals surface area contributed by atoms with E-state index in [0.29, 0.717) is 21.8 Å². The van der Waals surface area contributed by atoms with Crippen molar-refractivity contribution >= 4 is 29.1 Å². The minimum Gasteiger partial charge on any atom is -0.479 e. The van der Waals surface area contributed by atoms with E-state index in [4.69, 9.17) is 17.0 Å². The summed E-state index contributed by atoms with van der Waals surface area (Å²) in [5.41, 5.74) is 3.46. The monoisotopic (exact) mass is 301 g/mol. The lowest BCUT2D eigenvalue weighted by Crippen LogP contribution is -2.08. The summed E-state index contributed by atoms with van der Waals surface area (Å²) in [6.45, 7) is 0. The normalized spacial score (nSPS) is 10.8. The Kier molecular flexibility index (Phi) is 3.34. The van der Waals surface area contributed by atoms with Gasteiger partial charge in [-0.25, -0.2) is 4.98 Å². The third-order valence-corrected chi connectivity index (χ3v) is 3.54.